The molecule has 3 aromatic carbocycles. The van der Waals surface area contributed by atoms with E-state index in [2.05, 4.69) is 25.9 Å². The Balaban J connectivity index is 1.67. The Labute approximate surface area is 216 Å². The van der Waals surface area contributed by atoms with Crippen LogP contribution in [0.2, 0.25) is 0 Å². The van der Waals surface area contributed by atoms with E-state index in [0.717, 1.165) is 45.8 Å². The predicted molar refractivity (Wildman–Crippen MR) is 139 cm³/mol. The molecule has 0 radical (unpaired) electrons. The van der Waals surface area contributed by atoms with Crippen molar-refractivity contribution in [2.24, 2.45) is 0 Å². The molecule has 1 heterocycles. The molecule has 0 unspecified atom stereocenters. The number of halogens is 3. The summed E-state index contributed by atoms with van der Waals surface area (Å²) in [5, 5.41) is 8.65. The summed E-state index contributed by atoms with van der Waals surface area (Å²) >= 11 is 0. The highest BCUT2D eigenvalue weighted by Gasteiger charge is 2.31. The molecule has 38 heavy (non-hydrogen) atoms. The number of alkyl halides is 3. The summed E-state index contributed by atoms with van der Waals surface area (Å²) in [4.78, 5) is 33.8. The number of hydrogen-bond acceptors (Lipinski definition) is 6. The number of amides is 2. The Morgan fingerprint density at radius 3 is 2.47 bits per heavy atom. The first-order valence-corrected chi connectivity index (χ1v) is 11.5. The van der Waals surface area contributed by atoms with Crippen LogP contribution < -0.4 is 16.0 Å². The predicted octanol–water partition coefficient (Wildman–Crippen LogP) is 5.50. The zero-order valence-electron chi connectivity index (χ0n) is 20.7. The van der Waals surface area contributed by atoms with E-state index in [-0.39, 0.29) is 23.5 Å². The maximum atomic E-state index is 13.3. The highest BCUT2D eigenvalue weighted by atomic mass is 19.4. The minimum atomic E-state index is -4.64. The van der Waals surface area contributed by atoms with Crippen LogP contribution >= 0.6 is 0 Å². The second-order valence-electron chi connectivity index (χ2n) is 8.44. The van der Waals surface area contributed by atoms with Gasteiger partial charge in [0.25, 0.3) is 5.91 Å². The Morgan fingerprint density at radius 1 is 0.974 bits per heavy atom. The molecule has 0 saturated carbocycles. The third-order valence-corrected chi connectivity index (χ3v) is 5.76. The molecule has 196 valence electrons. The van der Waals surface area contributed by atoms with Crippen molar-refractivity contribution in [3.8, 4) is 11.1 Å². The van der Waals surface area contributed by atoms with Crippen LogP contribution in [0.25, 0.3) is 22.0 Å². The number of hydrogen-bond donors (Lipinski definition) is 3. The van der Waals surface area contributed by atoms with E-state index in [4.69, 9.17) is 4.74 Å². The van der Waals surface area contributed by atoms with Gasteiger partial charge in [0.15, 0.2) is 0 Å². The fourth-order valence-electron chi connectivity index (χ4n) is 3.84. The van der Waals surface area contributed by atoms with Gasteiger partial charge < -0.3 is 20.7 Å². The second-order valence-corrected chi connectivity index (χ2v) is 8.44. The van der Waals surface area contributed by atoms with Gasteiger partial charge in [-0.25, -0.2) is 9.97 Å². The third-order valence-electron chi connectivity index (χ3n) is 5.76. The first kappa shape index (κ1) is 26.6. The smallest absolute Gasteiger partial charge is 0.375 e. The molecule has 0 saturated heterocycles. The SMILES string of the molecule is CNc1ncc2cc(-c3cc(C(=O)Nc4cc(C(F)(F)F)ccc4NC(=O)COC)ccc3C)ccc2n1. The Bertz CT molecular complexity index is 1520. The van der Waals surface area contributed by atoms with E-state index in [1.165, 1.54) is 7.11 Å². The maximum absolute atomic E-state index is 13.3. The quantitative estimate of drug-likeness (QED) is 0.295. The molecule has 4 rings (SSSR count). The van der Waals surface area contributed by atoms with Gasteiger partial charge in [-0.05, 0) is 66.1 Å². The zero-order valence-corrected chi connectivity index (χ0v) is 20.7. The number of anilines is 3. The number of methoxy groups -OCH3 is 1. The van der Waals surface area contributed by atoms with E-state index in [1.54, 1.807) is 31.4 Å². The van der Waals surface area contributed by atoms with Crippen molar-refractivity contribution in [3.05, 3.63) is 77.5 Å². The Morgan fingerprint density at radius 2 is 1.76 bits per heavy atom. The van der Waals surface area contributed by atoms with Crippen molar-refractivity contribution in [2.75, 3.05) is 36.7 Å². The lowest BCUT2D eigenvalue weighted by Gasteiger charge is -2.16. The van der Waals surface area contributed by atoms with Gasteiger partial charge in [0, 0.05) is 31.3 Å². The van der Waals surface area contributed by atoms with Crippen molar-refractivity contribution in [1.29, 1.82) is 0 Å². The van der Waals surface area contributed by atoms with E-state index in [9.17, 15) is 22.8 Å². The maximum Gasteiger partial charge on any atom is 0.416 e. The summed E-state index contributed by atoms with van der Waals surface area (Å²) in [6.07, 6.45) is -2.95. The Kier molecular flexibility index (Phi) is 7.58. The topological polar surface area (TPSA) is 105 Å². The molecule has 1 aromatic heterocycles. The summed E-state index contributed by atoms with van der Waals surface area (Å²) in [5.41, 5.74) is 2.27. The standard InChI is InChI=1S/C27H24F3N5O3/c1-15-4-5-17(11-20(15)16-6-8-21-18(10-16)13-32-26(31-2)35-21)25(37)34-23-12-19(27(28,29)30)7-9-22(23)33-24(36)14-38-3/h4-13H,14H2,1-3H3,(H,33,36)(H,34,37)(H,31,32,35). The number of aryl methyl sites for hydroxylation is 1. The number of benzene rings is 3. The molecule has 0 atom stereocenters. The molecule has 0 aliphatic carbocycles. The van der Waals surface area contributed by atoms with Gasteiger partial charge in [-0.15, -0.1) is 0 Å². The van der Waals surface area contributed by atoms with Gasteiger partial charge in [0.2, 0.25) is 11.9 Å². The highest BCUT2D eigenvalue weighted by molar-refractivity contribution is 6.08. The third kappa shape index (κ3) is 5.89. The fraction of sp³-hybridized carbons (Fsp3) is 0.185. The van der Waals surface area contributed by atoms with E-state index >= 15 is 0 Å². The second kappa shape index (κ2) is 10.9. The minimum absolute atomic E-state index is 0.0104. The summed E-state index contributed by atoms with van der Waals surface area (Å²) in [5.74, 6) is -0.731. The van der Waals surface area contributed by atoms with Crippen molar-refractivity contribution >= 4 is 40.0 Å². The van der Waals surface area contributed by atoms with Crippen LogP contribution in [0.1, 0.15) is 21.5 Å². The van der Waals surface area contributed by atoms with Crippen LogP contribution in [-0.2, 0) is 15.7 Å². The summed E-state index contributed by atoms with van der Waals surface area (Å²) < 4.78 is 44.8. The minimum Gasteiger partial charge on any atom is -0.375 e. The van der Waals surface area contributed by atoms with Gasteiger partial charge in [-0.1, -0.05) is 12.1 Å². The number of fused-ring (bicyclic) bond motifs is 1. The van der Waals surface area contributed by atoms with Gasteiger partial charge in [-0.2, -0.15) is 13.2 Å². The van der Waals surface area contributed by atoms with Crippen LogP contribution in [0.15, 0.2) is 60.8 Å². The molecule has 2 amide bonds. The van der Waals surface area contributed by atoms with E-state index in [1.807, 2.05) is 25.1 Å². The lowest BCUT2D eigenvalue weighted by Crippen LogP contribution is -2.20. The first-order chi connectivity index (χ1) is 18.1. The van der Waals surface area contributed by atoms with Crippen molar-refractivity contribution < 1.29 is 27.5 Å². The molecule has 8 nitrogen and oxygen atoms in total. The lowest BCUT2D eigenvalue weighted by molar-refractivity contribution is -0.137. The van der Waals surface area contributed by atoms with Crippen LogP contribution in [0.3, 0.4) is 0 Å². The molecular formula is C27H24F3N5O3. The molecule has 0 bridgehead atoms. The summed E-state index contributed by atoms with van der Waals surface area (Å²) in [7, 11) is 3.04. The molecule has 4 aromatic rings. The average Bonchev–Trinajstić information content (AvgIpc) is 2.88. The molecule has 0 aliphatic heterocycles. The normalized spacial score (nSPS) is 11.3. The van der Waals surface area contributed by atoms with Crippen LogP contribution in [0, 0.1) is 6.92 Å². The number of carbonyl (C=O) groups excluding carboxylic acids is 2. The fourth-order valence-corrected chi connectivity index (χ4v) is 3.84. The number of ether oxygens (including phenoxy) is 1. The molecule has 11 heteroatoms. The highest BCUT2D eigenvalue weighted by Crippen LogP contribution is 2.35. The number of nitrogens with zero attached hydrogens (tertiary/aromatic N) is 2. The number of carbonyl (C=O) groups is 2. The van der Waals surface area contributed by atoms with Crippen LogP contribution in [-0.4, -0.2) is 42.5 Å². The molecule has 0 aliphatic rings. The van der Waals surface area contributed by atoms with Gasteiger partial charge in [-0.3, -0.25) is 9.59 Å². The summed E-state index contributed by atoms with van der Waals surface area (Å²) in [6, 6.07) is 13.3. The van der Waals surface area contributed by atoms with E-state index in [0.29, 0.717) is 5.95 Å². The molecular weight excluding hydrogens is 499 g/mol. The van der Waals surface area contributed by atoms with Crippen molar-refractivity contribution in [1.82, 2.24) is 9.97 Å². The van der Waals surface area contributed by atoms with Gasteiger partial charge in [0.05, 0.1) is 22.5 Å². The monoisotopic (exact) mass is 523 g/mol. The van der Waals surface area contributed by atoms with E-state index < -0.39 is 23.6 Å². The number of aromatic nitrogens is 2. The summed E-state index contributed by atoms with van der Waals surface area (Å²) in [6.45, 7) is 1.58. The van der Waals surface area contributed by atoms with Crippen LogP contribution in [0.5, 0.6) is 0 Å². The molecule has 0 spiro atoms. The lowest BCUT2D eigenvalue weighted by atomic mass is 9.97. The number of nitrogens with one attached hydrogen (secondary N) is 3. The first-order valence-electron chi connectivity index (χ1n) is 11.5. The average molecular weight is 524 g/mol. The largest absolute Gasteiger partial charge is 0.416 e. The van der Waals surface area contributed by atoms with Gasteiger partial charge in [0.1, 0.15) is 6.61 Å². The van der Waals surface area contributed by atoms with Gasteiger partial charge >= 0.3 is 6.18 Å². The number of rotatable bonds is 7. The Hall–Kier alpha value is -4.51. The van der Waals surface area contributed by atoms with Crippen LogP contribution in [0.4, 0.5) is 30.5 Å². The molecule has 3 N–H and O–H groups in total. The zero-order chi connectivity index (χ0) is 27.4. The van der Waals surface area contributed by atoms with Crippen molar-refractivity contribution in [3.63, 3.8) is 0 Å². The molecule has 0 fully saturated rings. The van der Waals surface area contributed by atoms with Crippen molar-refractivity contribution in [2.45, 2.75) is 13.1 Å².